The summed E-state index contributed by atoms with van der Waals surface area (Å²) < 4.78 is 11.7. The molecule has 15 heavy (non-hydrogen) atoms. The summed E-state index contributed by atoms with van der Waals surface area (Å²) in [7, 11) is 0. The zero-order valence-corrected chi connectivity index (χ0v) is 9.34. The molecule has 0 radical (unpaired) electrons. The Morgan fingerprint density at radius 2 is 2.27 bits per heavy atom. The van der Waals surface area contributed by atoms with Gasteiger partial charge in [0.25, 0.3) is 0 Å². The third-order valence-electron chi connectivity index (χ3n) is 3.37. The zero-order chi connectivity index (χ0) is 10.6. The number of hydrogen-bond acceptors (Lipinski definition) is 3. The highest BCUT2D eigenvalue weighted by Gasteiger charge is 2.41. The summed E-state index contributed by atoms with van der Waals surface area (Å²) in [6, 6.07) is 0. The third-order valence-corrected chi connectivity index (χ3v) is 3.37. The quantitative estimate of drug-likeness (QED) is 0.564. The van der Waals surface area contributed by atoms with Crippen LogP contribution < -0.4 is 5.32 Å². The van der Waals surface area contributed by atoms with Crippen molar-refractivity contribution < 1.29 is 9.47 Å². The van der Waals surface area contributed by atoms with Gasteiger partial charge in [-0.25, -0.2) is 0 Å². The van der Waals surface area contributed by atoms with Crippen LogP contribution in [-0.2, 0) is 9.47 Å². The highest BCUT2D eigenvalue weighted by molar-refractivity contribution is 4.93. The maximum absolute atomic E-state index is 5.93. The second kappa shape index (κ2) is 5.10. The maximum atomic E-state index is 5.93. The highest BCUT2D eigenvalue weighted by Crippen LogP contribution is 2.35. The molecule has 2 aliphatic heterocycles. The van der Waals surface area contributed by atoms with Crippen LogP contribution in [0.3, 0.4) is 0 Å². The molecule has 2 rings (SSSR count). The Morgan fingerprint density at radius 3 is 3.00 bits per heavy atom. The Kier molecular flexibility index (Phi) is 3.78. The van der Waals surface area contributed by atoms with E-state index in [4.69, 9.17) is 9.47 Å². The van der Waals surface area contributed by atoms with Gasteiger partial charge in [-0.3, -0.25) is 0 Å². The monoisotopic (exact) mass is 211 g/mol. The average molecular weight is 211 g/mol. The Morgan fingerprint density at radius 1 is 1.47 bits per heavy atom. The van der Waals surface area contributed by atoms with Crippen LogP contribution in [0.25, 0.3) is 0 Å². The van der Waals surface area contributed by atoms with Crippen LogP contribution in [-0.4, -0.2) is 38.0 Å². The van der Waals surface area contributed by atoms with Gasteiger partial charge in [0.15, 0.2) is 0 Å². The van der Waals surface area contributed by atoms with Gasteiger partial charge >= 0.3 is 0 Å². The van der Waals surface area contributed by atoms with Crippen LogP contribution in [0.2, 0.25) is 0 Å². The summed E-state index contributed by atoms with van der Waals surface area (Å²) in [5.74, 6) is 0. The normalized spacial score (nSPS) is 29.5. The molecule has 2 heterocycles. The van der Waals surface area contributed by atoms with Crippen molar-refractivity contribution in [1.82, 2.24) is 5.32 Å². The lowest BCUT2D eigenvalue weighted by Gasteiger charge is -2.32. The van der Waals surface area contributed by atoms with E-state index in [-0.39, 0.29) is 5.60 Å². The van der Waals surface area contributed by atoms with Crippen molar-refractivity contribution in [2.45, 2.75) is 37.4 Å². The molecule has 2 fully saturated rings. The van der Waals surface area contributed by atoms with Crippen molar-refractivity contribution in [3.8, 4) is 0 Å². The largest absolute Gasteiger partial charge is 0.375 e. The maximum Gasteiger partial charge on any atom is 0.0836 e. The van der Waals surface area contributed by atoms with E-state index in [1.165, 1.54) is 0 Å². The molecule has 1 atom stereocenters. The molecule has 0 aromatic heterocycles. The number of nitrogens with one attached hydrogen (secondary N) is 1. The summed E-state index contributed by atoms with van der Waals surface area (Å²) in [4.78, 5) is 0. The SMILES string of the molecule is C=CCCOC1COC2(CCNCC2)C1. The smallest absolute Gasteiger partial charge is 0.0836 e. The molecule has 2 aliphatic rings. The van der Waals surface area contributed by atoms with Crippen molar-refractivity contribution in [3.63, 3.8) is 0 Å². The predicted octanol–water partition coefficient (Wildman–Crippen LogP) is 1.49. The van der Waals surface area contributed by atoms with Crippen LogP contribution in [0.4, 0.5) is 0 Å². The van der Waals surface area contributed by atoms with E-state index in [0.717, 1.165) is 52.0 Å². The molecule has 0 saturated carbocycles. The van der Waals surface area contributed by atoms with Crippen LogP contribution in [0.15, 0.2) is 12.7 Å². The molecule has 0 aromatic rings. The number of rotatable bonds is 4. The minimum absolute atomic E-state index is 0.129. The molecule has 86 valence electrons. The molecule has 1 unspecified atom stereocenters. The van der Waals surface area contributed by atoms with Gasteiger partial charge < -0.3 is 14.8 Å². The molecule has 3 nitrogen and oxygen atoms in total. The third kappa shape index (κ3) is 2.80. The van der Waals surface area contributed by atoms with E-state index < -0.39 is 0 Å². The standard InChI is InChI=1S/C12H21NO2/c1-2-3-8-14-11-9-12(15-10-11)4-6-13-7-5-12/h2,11,13H,1,3-10H2. The molecular formula is C12H21NO2. The van der Waals surface area contributed by atoms with Gasteiger partial charge in [-0.15, -0.1) is 6.58 Å². The Balaban J connectivity index is 1.75. The molecule has 0 amide bonds. The molecular weight excluding hydrogens is 190 g/mol. The lowest BCUT2D eigenvalue weighted by atomic mass is 9.89. The van der Waals surface area contributed by atoms with E-state index in [1.807, 2.05) is 6.08 Å². The van der Waals surface area contributed by atoms with Crippen molar-refractivity contribution in [2.24, 2.45) is 0 Å². The van der Waals surface area contributed by atoms with Crippen molar-refractivity contribution in [3.05, 3.63) is 12.7 Å². The van der Waals surface area contributed by atoms with Crippen molar-refractivity contribution >= 4 is 0 Å². The summed E-state index contributed by atoms with van der Waals surface area (Å²) >= 11 is 0. The zero-order valence-electron chi connectivity index (χ0n) is 9.34. The Bertz CT molecular complexity index is 212. The number of hydrogen-bond donors (Lipinski definition) is 1. The summed E-state index contributed by atoms with van der Waals surface area (Å²) in [6.45, 7) is 7.41. The Hall–Kier alpha value is -0.380. The van der Waals surface area contributed by atoms with E-state index in [0.29, 0.717) is 6.10 Å². The van der Waals surface area contributed by atoms with E-state index >= 15 is 0 Å². The first-order chi connectivity index (χ1) is 7.35. The summed E-state index contributed by atoms with van der Waals surface area (Å²) in [5.41, 5.74) is 0.129. The van der Waals surface area contributed by atoms with Crippen LogP contribution in [0.1, 0.15) is 25.7 Å². The molecule has 1 N–H and O–H groups in total. The fourth-order valence-corrected chi connectivity index (χ4v) is 2.46. The molecule has 1 spiro atoms. The molecule has 2 saturated heterocycles. The fourth-order valence-electron chi connectivity index (χ4n) is 2.46. The predicted molar refractivity (Wildman–Crippen MR) is 60.0 cm³/mol. The average Bonchev–Trinajstić information content (AvgIpc) is 2.63. The minimum atomic E-state index is 0.129. The van der Waals surface area contributed by atoms with E-state index in [2.05, 4.69) is 11.9 Å². The van der Waals surface area contributed by atoms with Crippen LogP contribution in [0, 0.1) is 0 Å². The lowest BCUT2D eigenvalue weighted by molar-refractivity contribution is -0.0231. The van der Waals surface area contributed by atoms with Gasteiger partial charge in [0.1, 0.15) is 0 Å². The topological polar surface area (TPSA) is 30.5 Å². The first-order valence-electron chi connectivity index (χ1n) is 5.92. The number of ether oxygens (including phenoxy) is 2. The second-order valence-corrected chi connectivity index (χ2v) is 4.52. The second-order valence-electron chi connectivity index (χ2n) is 4.52. The Labute approximate surface area is 91.8 Å². The van der Waals surface area contributed by atoms with Gasteiger partial charge in [-0.05, 0) is 32.4 Å². The van der Waals surface area contributed by atoms with E-state index in [9.17, 15) is 0 Å². The van der Waals surface area contributed by atoms with Gasteiger partial charge in [-0.2, -0.15) is 0 Å². The first-order valence-corrected chi connectivity index (χ1v) is 5.92. The van der Waals surface area contributed by atoms with Gasteiger partial charge in [0.2, 0.25) is 0 Å². The fraction of sp³-hybridized carbons (Fsp3) is 0.833. The lowest BCUT2D eigenvalue weighted by Crippen LogP contribution is -2.41. The summed E-state index contributed by atoms with van der Waals surface area (Å²) in [6.07, 6.45) is 6.48. The van der Waals surface area contributed by atoms with Gasteiger partial charge in [0.05, 0.1) is 24.9 Å². The van der Waals surface area contributed by atoms with E-state index in [1.54, 1.807) is 0 Å². The highest BCUT2D eigenvalue weighted by atomic mass is 16.6. The molecule has 0 bridgehead atoms. The van der Waals surface area contributed by atoms with Crippen molar-refractivity contribution in [2.75, 3.05) is 26.3 Å². The van der Waals surface area contributed by atoms with Crippen LogP contribution in [0.5, 0.6) is 0 Å². The molecule has 3 heteroatoms. The molecule has 0 aromatic carbocycles. The first kappa shape index (κ1) is 11.1. The van der Waals surface area contributed by atoms with Crippen LogP contribution >= 0.6 is 0 Å². The summed E-state index contributed by atoms with van der Waals surface area (Å²) in [5, 5.41) is 3.37. The molecule has 0 aliphatic carbocycles. The van der Waals surface area contributed by atoms with Gasteiger partial charge in [0, 0.05) is 6.42 Å². The van der Waals surface area contributed by atoms with Crippen molar-refractivity contribution in [1.29, 1.82) is 0 Å². The number of piperidine rings is 1. The minimum Gasteiger partial charge on any atom is -0.375 e. The van der Waals surface area contributed by atoms with Gasteiger partial charge in [-0.1, -0.05) is 6.08 Å².